The average molecular weight is 305 g/mol. The fraction of sp³-hybridized carbons (Fsp3) is 0.0769. The third kappa shape index (κ3) is 2.86. The molecular formula is C13H9BrN2O2. The van der Waals surface area contributed by atoms with Crippen molar-refractivity contribution in [2.75, 3.05) is 0 Å². The van der Waals surface area contributed by atoms with Crippen LogP contribution in [0.4, 0.5) is 0 Å². The van der Waals surface area contributed by atoms with Gasteiger partial charge in [-0.15, -0.1) is 0 Å². The Labute approximate surface area is 113 Å². The summed E-state index contributed by atoms with van der Waals surface area (Å²) in [6.07, 6.45) is 1.54. The highest BCUT2D eigenvalue weighted by molar-refractivity contribution is 9.10. The van der Waals surface area contributed by atoms with Crippen LogP contribution in [0.25, 0.3) is 0 Å². The Balaban J connectivity index is 2.33. The first-order chi connectivity index (χ1) is 8.72. The van der Waals surface area contributed by atoms with Crippen molar-refractivity contribution in [3.05, 3.63) is 52.3 Å². The smallest absolute Gasteiger partial charge is 0.183 e. The van der Waals surface area contributed by atoms with Gasteiger partial charge >= 0.3 is 0 Å². The molecule has 2 rings (SSSR count). The summed E-state index contributed by atoms with van der Waals surface area (Å²) < 4.78 is 6.33. The molecule has 0 radical (unpaired) electrons. The number of hydrogen-bond donors (Lipinski definition) is 1. The predicted octanol–water partition coefficient (Wildman–Crippen LogP) is 3.00. The summed E-state index contributed by atoms with van der Waals surface area (Å²) in [5.74, 6) is 0.930. The molecule has 0 amide bonds. The molecule has 1 aromatic carbocycles. The van der Waals surface area contributed by atoms with Crippen molar-refractivity contribution in [1.29, 1.82) is 5.26 Å². The van der Waals surface area contributed by atoms with E-state index in [2.05, 4.69) is 20.9 Å². The van der Waals surface area contributed by atoms with E-state index in [0.717, 1.165) is 10.0 Å². The zero-order valence-corrected chi connectivity index (χ0v) is 10.9. The standard InChI is InChI=1S/C13H9BrN2O2/c14-10-5-13(12(6-15)16-7-10)18-11-3-1-2-9(4-11)8-17/h1-5,7,17H,8H2. The molecule has 1 aromatic heterocycles. The number of pyridine rings is 1. The van der Waals surface area contributed by atoms with Crippen LogP contribution in [-0.4, -0.2) is 10.1 Å². The highest BCUT2D eigenvalue weighted by Crippen LogP contribution is 2.27. The molecule has 0 bridgehead atoms. The highest BCUT2D eigenvalue weighted by Gasteiger charge is 2.07. The van der Waals surface area contributed by atoms with Crippen LogP contribution in [0.3, 0.4) is 0 Å². The Bertz CT molecular complexity index is 608. The second-order valence-electron chi connectivity index (χ2n) is 3.52. The van der Waals surface area contributed by atoms with Crippen LogP contribution in [0.1, 0.15) is 11.3 Å². The molecule has 0 aliphatic heterocycles. The SMILES string of the molecule is N#Cc1ncc(Br)cc1Oc1cccc(CO)c1. The number of nitrogens with zero attached hydrogens (tertiary/aromatic N) is 2. The molecule has 1 N–H and O–H groups in total. The van der Waals surface area contributed by atoms with Crippen LogP contribution in [0.15, 0.2) is 41.0 Å². The van der Waals surface area contributed by atoms with E-state index in [4.69, 9.17) is 15.1 Å². The Morgan fingerprint density at radius 1 is 1.39 bits per heavy atom. The third-order valence-electron chi connectivity index (χ3n) is 2.23. The highest BCUT2D eigenvalue weighted by atomic mass is 79.9. The number of halogens is 1. The molecule has 0 saturated carbocycles. The Morgan fingerprint density at radius 3 is 2.94 bits per heavy atom. The summed E-state index contributed by atoms with van der Waals surface area (Å²) in [4.78, 5) is 3.95. The number of benzene rings is 1. The molecule has 5 heteroatoms. The first-order valence-corrected chi connectivity index (χ1v) is 5.95. The number of aromatic nitrogens is 1. The second kappa shape index (κ2) is 5.63. The van der Waals surface area contributed by atoms with Crippen LogP contribution < -0.4 is 4.74 Å². The van der Waals surface area contributed by atoms with E-state index in [1.165, 1.54) is 6.20 Å². The van der Waals surface area contributed by atoms with Crippen molar-refractivity contribution >= 4 is 15.9 Å². The lowest BCUT2D eigenvalue weighted by atomic mass is 10.2. The molecule has 0 aliphatic carbocycles. The van der Waals surface area contributed by atoms with Gasteiger partial charge in [-0.1, -0.05) is 12.1 Å². The molecule has 2 aromatic rings. The van der Waals surface area contributed by atoms with Crippen molar-refractivity contribution < 1.29 is 9.84 Å². The third-order valence-corrected chi connectivity index (χ3v) is 2.67. The average Bonchev–Trinajstić information content (AvgIpc) is 2.39. The maximum atomic E-state index is 9.05. The predicted molar refractivity (Wildman–Crippen MR) is 69.1 cm³/mol. The number of hydrogen-bond acceptors (Lipinski definition) is 4. The van der Waals surface area contributed by atoms with E-state index in [1.54, 1.807) is 30.3 Å². The second-order valence-corrected chi connectivity index (χ2v) is 4.44. The van der Waals surface area contributed by atoms with Crippen LogP contribution >= 0.6 is 15.9 Å². The molecular weight excluding hydrogens is 296 g/mol. The van der Waals surface area contributed by atoms with Gasteiger partial charge in [0.05, 0.1) is 6.61 Å². The molecule has 0 saturated heterocycles. The minimum Gasteiger partial charge on any atom is -0.454 e. The molecule has 18 heavy (non-hydrogen) atoms. The topological polar surface area (TPSA) is 66.1 Å². The summed E-state index contributed by atoms with van der Waals surface area (Å²) >= 11 is 3.28. The van der Waals surface area contributed by atoms with Crippen molar-refractivity contribution in [3.63, 3.8) is 0 Å². The zero-order chi connectivity index (χ0) is 13.0. The molecule has 0 unspecified atom stereocenters. The fourth-order valence-electron chi connectivity index (χ4n) is 1.42. The minimum absolute atomic E-state index is 0.0565. The van der Waals surface area contributed by atoms with Crippen LogP contribution in [0.5, 0.6) is 11.5 Å². The summed E-state index contributed by atoms with van der Waals surface area (Å²) in [5.41, 5.74) is 0.960. The van der Waals surface area contributed by atoms with Gasteiger partial charge in [0.1, 0.15) is 11.8 Å². The van der Waals surface area contributed by atoms with E-state index in [1.807, 2.05) is 6.07 Å². The monoisotopic (exact) mass is 304 g/mol. The van der Waals surface area contributed by atoms with Gasteiger partial charge in [-0.05, 0) is 39.7 Å². The van der Waals surface area contributed by atoms with Gasteiger partial charge in [-0.2, -0.15) is 5.26 Å². The summed E-state index contributed by atoms with van der Waals surface area (Å²) in [5, 5.41) is 18.0. The fourth-order valence-corrected chi connectivity index (χ4v) is 1.73. The number of ether oxygens (including phenoxy) is 1. The van der Waals surface area contributed by atoms with E-state index in [-0.39, 0.29) is 12.3 Å². The molecule has 0 spiro atoms. The van der Waals surface area contributed by atoms with Gasteiger partial charge in [-0.25, -0.2) is 4.98 Å². The lowest BCUT2D eigenvalue weighted by molar-refractivity contribution is 0.281. The van der Waals surface area contributed by atoms with Crippen molar-refractivity contribution in [2.24, 2.45) is 0 Å². The van der Waals surface area contributed by atoms with E-state index in [0.29, 0.717) is 11.5 Å². The van der Waals surface area contributed by atoms with Crippen LogP contribution in [0.2, 0.25) is 0 Å². The minimum atomic E-state index is -0.0565. The largest absolute Gasteiger partial charge is 0.454 e. The first-order valence-electron chi connectivity index (χ1n) is 5.16. The maximum absolute atomic E-state index is 9.05. The van der Waals surface area contributed by atoms with Crippen molar-refractivity contribution in [3.8, 4) is 17.6 Å². The molecule has 1 heterocycles. The van der Waals surface area contributed by atoms with Gasteiger partial charge < -0.3 is 9.84 Å². The summed E-state index contributed by atoms with van der Waals surface area (Å²) in [6, 6.07) is 10.7. The van der Waals surface area contributed by atoms with Crippen molar-refractivity contribution in [2.45, 2.75) is 6.61 Å². The van der Waals surface area contributed by atoms with Crippen molar-refractivity contribution in [1.82, 2.24) is 4.98 Å². The number of aliphatic hydroxyl groups is 1. The normalized spacial score (nSPS) is 9.83. The van der Waals surface area contributed by atoms with Gasteiger partial charge in [-0.3, -0.25) is 0 Å². The quantitative estimate of drug-likeness (QED) is 0.946. The van der Waals surface area contributed by atoms with E-state index in [9.17, 15) is 0 Å². The zero-order valence-electron chi connectivity index (χ0n) is 9.30. The van der Waals surface area contributed by atoms with Crippen LogP contribution in [-0.2, 0) is 6.61 Å². The number of rotatable bonds is 3. The number of nitriles is 1. The molecule has 0 fully saturated rings. The first kappa shape index (κ1) is 12.6. The lowest BCUT2D eigenvalue weighted by Gasteiger charge is -2.08. The van der Waals surface area contributed by atoms with Gasteiger partial charge in [0, 0.05) is 10.7 Å². The lowest BCUT2D eigenvalue weighted by Crippen LogP contribution is -1.92. The summed E-state index contributed by atoms with van der Waals surface area (Å²) in [7, 11) is 0. The van der Waals surface area contributed by atoms with Gasteiger partial charge in [0.2, 0.25) is 0 Å². The van der Waals surface area contributed by atoms with Gasteiger partial charge in [0.25, 0.3) is 0 Å². The Kier molecular flexibility index (Phi) is 3.92. The molecule has 90 valence electrons. The van der Waals surface area contributed by atoms with Gasteiger partial charge in [0.15, 0.2) is 11.4 Å². The van der Waals surface area contributed by atoms with E-state index < -0.39 is 0 Å². The number of aliphatic hydroxyl groups excluding tert-OH is 1. The Hall–Kier alpha value is -1.90. The molecule has 4 nitrogen and oxygen atoms in total. The Morgan fingerprint density at radius 2 is 2.22 bits per heavy atom. The summed E-state index contributed by atoms with van der Waals surface area (Å²) in [6.45, 7) is -0.0565. The molecule has 0 aliphatic rings. The van der Waals surface area contributed by atoms with Crippen LogP contribution in [0, 0.1) is 11.3 Å². The van der Waals surface area contributed by atoms with E-state index >= 15 is 0 Å². The maximum Gasteiger partial charge on any atom is 0.183 e. The molecule has 0 atom stereocenters.